The number of thiazole rings is 1. The van der Waals surface area contributed by atoms with E-state index in [0.717, 1.165) is 23.3 Å². The van der Waals surface area contributed by atoms with Gasteiger partial charge in [-0.25, -0.2) is 4.98 Å². The molecule has 0 bridgehead atoms. The van der Waals surface area contributed by atoms with E-state index < -0.39 is 0 Å². The standard InChI is InChI=1S/C10H14N4OS/c1-7-4-9(13-15-7)11-5-8-6-12-10(16-8)14(2)3/h4,6H,5H2,1-3H3,(H,11,13). The third-order valence-corrected chi connectivity index (χ3v) is 3.16. The quantitative estimate of drug-likeness (QED) is 0.884. The number of hydrogen-bond acceptors (Lipinski definition) is 6. The molecular weight excluding hydrogens is 224 g/mol. The highest BCUT2D eigenvalue weighted by atomic mass is 32.1. The molecule has 0 aliphatic rings. The molecule has 0 unspecified atom stereocenters. The van der Waals surface area contributed by atoms with Crippen molar-refractivity contribution < 1.29 is 4.52 Å². The first kappa shape index (κ1) is 10.9. The molecule has 5 nitrogen and oxygen atoms in total. The molecule has 0 aromatic carbocycles. The minimum Gasteiger partial charge on any atom is -0.362 e. The summed E-state index contributed by atoms with van der Waals surface area (Å²) in [4.78, 5) is 7.46. The zero-order valence-electron chi connectivity index (χ0n) is 9.52. The molecule has 2 heterocycles. The average molecular weight is 238 g/mol. The molecule has 2 aromatic heterocycles. The fourth-order valence-corrected chi connectivity index (χ4v) is 1.99. The Morgan fingerprint density at radius 1 is 1.50 bits per heavy atom. The maximum atomic E-state index is 4.96. The van der Waals surface area contributed by atoms with E-state index >= 15 is 0 Å². The predicted octanol–water partition coefficient (Wildman–Crippen LogP) is 2.12. The molecule has 2 rings (SSSR count). The maximum Gasteiger partial charge on any atom is 0.185 e. The van der Waals surface area contributed by atoms with Crippen molar-refractivity contribution in [3.05, 3.63) is 22.9 Å². The average Bonchev–Trinajstić information content (AvgIpc) is 2.83. The molecule has 2 aromatic rings. The van der Waals surface area contributed by atoms with E-state index in [2.05, 4.69) is 15.5 Å². The minimum absolute atomic E-state index is 0.720. The molecule has 0 fully saturated rings. The van der Waals surface area contributed by atoms with Crippen LogP contribution in [0, 0.1) is 6.92 Å². The Balaban J connectivity index is 1.94. The van der Waals surface area contributed by atoms with Crippen molar-refractivity contribution >= 4 is 22.3 Å². The summed E-state index contributed by atoms with van der Waals surface area (Å²) in [5.41, 5.74) is 0. The fourth-order valence-electron chi connectivity index (χ4n) is 1.21. The Labute approximate surface area is 98.1 Å². The number of aryl methyl sites for hydroxylation is 1. The summed E-state index contributed by atoms with van der Waals surface area (Å²) in [7, 11) is 3.97. The van der Waals surface area contributed by atoms with E-state index in [4.69, 9.17) is 4.52 Å². The predicted molar refractivity (Wildman–Crippen MR) is 65.0 cm³/mol. The lowest BCUT2D eigenvalue weighted by molar-refractivity contribution is 0.399. The molecule has 16 heavy (non-hydrogen) atoms. The highest BCUT2D eigenvalue weighted by molar-refractivity contribution is 7.15. The van der Waals surface area contributed by atoms with Crippen LogP contribution in [0.1, 0.15) is 10.6 Å². The molecule has 0 saturated heterocycles. The Kier molecular flexibility index (Phi) is 3.09. The van der Waals surface area contributed by atoms with Gasteiger partial charge in [0.1, 0.15) is 5.76 Å². The van der Waals surface area contributed by atoms with Gasteiger partial charge in [0, 0.05) is 31.2 Å². The summed E-state index contributed by atoms with van der Waals surface area (Å²) in [5, 5.41) is 8.05. The second-order valence-corrected chi connectivity index (χ2v) is 4.77. The van der Waals surface area contributed by atoms with Crippen molar-refractivity contribution in [2.45, 2.75) is 13.5 Å². The van der Waals surface area contributed by atoms with Gasteiger partial charge in [-0.1, -0.05) is 5.16 Å². The summed E-state index contributed by atoms with van der Waals surface area (Å²) in [6.45, 7) is 2.59. The number of nitrogens with zero attached hydrogens (tertiary/aromatic N) is 3. The van der Waals surface area contributed by atoms with Crippen molar-refractivity contribution in [1.82, 2.24) is 10.1 Å². The topological polar surface area (TPSA) is 54.2 Å². The van der Waals surface area contributed by atoms with Crippen molar-refractivity contribution in [2.24, 2.45) is 0 Å². The first-order chi connectivity index (χ1) is 7.65. The van der Waals surface area contributed by atoms with Gasteiger partial charge in [-0.2, -0.15) is 0 Å². The zero-order valence-corrected chi connectivity index (χ0v) is 10.3. The van der Waals surface area contributed by atoms with Crippen LogP contribution in [0.3, 0.4) is 0 Å². The second kappa shape index (κ2) is 4.52. The SMILES string of the molecule is Cc1cc(NCc2cnc(N(C)C)s2)no1. The van der Waals surface area contributed by atoms with Gasteiger partial charge >= 0.3 is 0 Å². The summed E-state index contributed by atoms with van der Waals surface area (Å²) >= 11 is 1.66. The second-order valence-electron chi connectivity index (χ2n) is 3.68. The lowest BCUT2D eigenvalue weighted by Gasteiger charge is -2.05. The van der Waals surface area contributed by atoms with E-state index in [1.54, 1.807) is 11.3 Å². The van der Waals surface area contributed by atoms with Gasteiger partial charge < -0.3 is 14.7 Å². The van der Waals surface area contributed by atoms with E-state index in [-0.39, 0.29) is 0 Å². The number of hydrogen-bond donors (Lipinski definition) is 1. The normalized spacial score (nSPS) is 10.4. The Morgan fingerprint density at radius 3 is 2.88 bits per heavy atom. The number of rotatable bonds is 4. The number of aromatic nitrogens is 2. The molecule has 0 aliphatic heterocycles. The van der Waals surface area contributed by atoms with Gasteiger partial charge in [-0.15, -0.1) is 11.3 Å². The van der Waals surface area contributed by atoms with Gasteiger partial charge in [0.05, 0.1) is 6.54 Å². The van der Waals surface area contributed by atoms with Crippen LogP contribution in [-0.2, 0) is 6.54 Å². The van der Waals surface area contributed by atoms with Crippen LogP contribution in [-0.4, -0.2) is 24.2 Å². The molecule has 0 aliphatic carbocycles. The van der Waals surface area contributed by atoms with E-state index in [1.165, 1.54) is 4.88 Å². The van der Waals surface area contributed by atoms with Crippen molar-refractivity contribution in [3.8, 4) is 0 Å². The van der Waals surface area contributed by atoms with E-state index in [0.29, 0.717) is 0 Å². The third kappa shape index (κ3) is 2.52. The lowest BCUT2D eigenvalue weighted by Crippen LogP contribution is -2.07. The maximum absolute atomic E-state index is 4.96. The molecule has 0 amide bonds. The van der Waals surface area contributed by atoms with Gasteiger partial charge in [-0.3, -0.25) is 0 Å². The molecule has 6 heteroatoms. The monoisotopic (exact) mass is 238 g/mol. The van der Waals surface area contributed by atoms with Crippen LogP contribution in [0.15, 0.2) is 16.8 Å². The Hall–Kier alpha value is -1.56. The molecule has 0 radical (unpaired) electrons. The number of nitrogens with one attached hydrogen (secondary N) is 1. The molecule has 0 atom stereocenters. The summed E-state index contributed by atoms with van der Waals surface area (Å²) in [6.07, 6.45) is 1.87. The first-order valence-electron chi connectivity index (χ1n) is 4.94. The van der Waals surface area contributed by atoms with Gasteiger partial charge in [0.25, 0.3) is 0 Å². The molecular formula is C10H14N4OS. The van der Waals surface area contributed by atoms with Crippen LogP contribution in [0.5, 0.6) is 0 Å². The first-order valence-corrected chi connectivity index (χ1v) is 5.76. The molecule has 86 valence electrons. The highest BCUT2D eigenvalue weighted by Gasteiger charge is 2.04. The molecule has 0 saturated carbocycles. The van der Waals surface area contributed by atoms with Crippen molar-refractivity contribution in [1.29, 1.82) is 0 Å². The van der Waals surface area contributed by atoms with Gasteiger partial charge in [0.15, 0.2) is 10.9 Å². The van der Waals surface area contributed by atoms with Crippen molar-refractivity contribution in [2.75, 3.05) is 24.3 Å². The van der Waals surface area contributed by atoms with E-state index in [9.17, 15) is 0 Å². The van der Waals surface area contributed by atoms with Crippen LogP contribution < -0.4 is 10.2 Å². The van der Waals surface area contributed by atoms with Crippen LogP contribution in [0.4, 0.5) is 10.9 Å². The Morgan fingerprint density at radius 2 is 2.31 bits per heavy atom. The number of anilines is 2. The van der Waals surface area contributed by atoms with Crippen LogP contribution in [0.2, 0.25) is 0 Å². The highest BCUT2D eigenvalue weighted by Crippen LogP contribution is 2.21. The van der Waals surface area contributed by atoms with Gasteiger partial charge in [-0.05, 0) is 6.92 Å². The summed E-state index contributed by atoms with van der Waals surface area (Å²) in [5.74, 6) is 1.57. The zero-order chi connectivity index (χ0) is 11.5. The third-order valence-electron chi connectivity index (χ3n) is 2.00. The van der Waals surface area contributed by atoms with Crippen molar-refractivity contribution in [3.63, 3.8) is 0 Å². The molecule has 1 N–H and O–H groups in total. The summed E-state index contributed by atoms with van der Waals surface area (Å²) in [6, 6.07) is 1.87. The summed E-state index contributed by atoms with van der Waals surface area (Å²) < 4.78 is 4.96. The molecule has 0 spiro atoms. The van der Waals surface area contributed by atoms with Gasteiger partial charge in [0.2, 0.25) is 0 Å². The fraction of sp³-hybridized carbons (Fsp3) is 0.400. The van der Waals surface area contributed by atoms with Crippen LogP contribution in [0.25, 0.3) is 0 Å². The largest absolute Gasteiger partial charge is 0.362 e. The van der Waals surface area contributed by atoms with Crippen LogP contribution >= 0.6 is 11.3 Å². The minimum atomic E-state index is 0.720. The lowest BCUT2D eigenvalue weighted by atomic mass is 10.4. The Bertz CT molecular complexity index is 463. The smallest absolute Gasteiger partial charge is 0.185 e. The van der Waals surface area contributed by atoms with E-state index in [1.807, 2.05) is 38.2 Å².